The van der Waals surface area contributed by atoms with Crippen LogP contribution in [0, 0.1) is 5.92 Å². The van der Waals surface area contributed by atoms with Crippen LogP contribution in [0.3, 0.4) is 0 Å². The smallest absolute Gasteiger partial charge is 0.00964 e. The second kappa shape index (κ2) is 7.29. The van der Waals surface area contributed by atoms with Crippen LogP contribution < -0.4 is 5.73 Å². The quantitative estimate of drug-likeness (QED) is 0.655. The second-order valence-electron chi connectivity index (χ2n) is 5.76. The highest BCUT2D eigenvalue weighted by Crippen LogP contribution is 2.27. The van der Waals surface area contributed by atoms with E-state index in [4.69, 9.17) is 5.73 Å². The fraction of sp³-hybridized carbons (Fsp3) is 1.00. The Morgan fingerprint density at radius 3 is 2.38 bits per heavy atom. The Morgan fingerprint density at radius 2 is 1.88 bits per heavy atom. The van der Waals surface area contributed by atoms with Crippen molar-refractivity contribution in [2.24, 2.45) is 11.7 Å². The number of nitrogens with two attached hydrogens (primary N) is 1. The van der Waals surface area contributed by atoms with Crippen molar-refractivity contribution in [2.45, 2.75) is 71.4 Å². The molecule has 1 saturated carbocycles. The lowest BCUT2D eigenvalue weighted by molar-refractivity contribution is 0.240. The van der Waals surface area contributed by atoms with Gasteiger partial charge in [-0.15, -0.1) is 0 Å². The van der Waals surface area contributed by atoms with Crippen molar-refractivity contribution in [2.75, 3.05) is 13.1 Å². The molecule has 0 bridgehead atoms. The number of hydrogen-bond acceptors (Lipinski definition) is 2. The Balaban J connectivity index is 2.13. The minimum Gasteiger partial charge on any atom is -0.328 e. The van der Waals surface area contributed by atoms with Crippen LogP contribution >= 0.6 is 0 Å². The monoisotopic (exact) mass is 226 g/mol. The Labute approximate surface area is 102 Å². The molecule has 0 aromatic heterocycles. The minimum atomic E-state index is 0.422. The van der Waals surface area contributed by atoms with Crippen molar-refractivity contribution in [3.63, 3.8) is 0 Å². The first-order chi connectivity index (χ1) is 7.63. The maximum Gasteiger partial charge on any atom is 0.00964 e. The van der Waals surface area contributed by atoms with Crippen LogP contribution in [0.4, 0.5) is 0 Å². The van der Waals surface area contributed by atoms with E-state index in [1.807, 2.05) is 0 Å². The SMILES string of the molecule is CCC(N)CCCN(CCC(C)C)C1CC1. The summed E-state index contributed by atoms with van der Waals surface area (Å²) in [6.07, 6.45) is 7.80. The zero-order chi connectivity index (χ0) is 12.0. The van der Waals surface area contributed by atoms with Crippen LogP contribution in [0.2, 0.25) is 0 Å². The van der Waals surface area contributed by atoms with Gasteiger partial charge in [0.2, 0.25) is 0 Å². The van der Waals surface area contributed by atoms with Crippen LogP contribution in [-0.4, -0.2) is 30.1 Å². The number of nitrogens with zero attached hydrogens (tertiary/aromatic N) is 1. The third-order valence-corrected chi connectivity index (χ3v) is 3.60. The molecule has 0 aromatic carbocycles. The molecule has 96 valence electrons. The van der Waals surface area contributed by atoms with Gasteiger partial charge in [-0.3, -0.25) is 0 Å². The van der Waals surface area contributed by atoms with Gasteiger partial charge in [-0.2, -0.15) is 0 Å². The van der Waals surface area contributed by atoms with Crippen molar-refractivity contribution < 1.29 is 0 Å². The minimum absolute atomic E-state index is 0.422. The molecule has 1 atom stereocenters. The van der Waals surface area contributed by atoms with Gasteiger partial charge < -0.3 is 10.6 Å². The molecule has 0 aliphatic heterocycles. The Hall–Kier alpha value is -0.0800. The second-order valence-corrected chi connectivity index (χ2v) is 5.76. The van der Waals surface area contributed by atoms with Crippen LogP contribution in [0.1, 0.15) is 59.3 Å². The van der Waals surface area contributed by atoms with Crippen molar-refractivity contribution in [3.05, 3.63) is 0 Å². The summed E-state index contributed by atoms with van der Waals surface area (Å²) in [6.45, 7) is 9.38. The predicted molar refractivity (Wildman–Crippen MR) is 71.6 cm³/mol. The Bertz CT molecular complexity index is 176. The number of rotatable bonds is 9. The van der Waals surface area contributed by atoms with Crippen LogP contribution in [0.25, 0.3) is 0 Å². The summed E-state index contributed by atoms with van der Waals surface area (Å²) < 4.78 is 0. The highest BCUT2D eigenvalue weighted by molar-refractivity contribution is 4.84. The maximum atomic E-state index is 5.95. The summed E-state index contributed by atoms with van der Waals surface area (Å²) in [6, 6.07) is 1.34. The predicted octanol–water partition coefficient (Wildman–Crippen LogP) is 3.01. The lowest BCUT2D eigenvalue weighted by Gasteiger charge is -2.23. The molecule has 0 spiro atoms. The normalized spacial score (nSPS) is 18.4. The van der Waals surface area contributed by atoms with E-state index < -0.39 is 0 Å². The molecule has 0 aromatic rings. The third kappa shape index (κ3) is 5.86. The molecule has 0 saturated heterocycles. The molecule has 1 aliphatic rings. The highest BCUT2D eigenvalue weighted by atomic mass is 15.2. The molecular formula is C14H30N2. The van der Waals surface area contributed by atoms with Crippen molar-refractivity contribution in [1.82, 2.24) is 4.90 Å². The molecule has 0 heterocycles. The van der Waals surface area contributed by atoms with Crippen LogP contribution in [0.15, 0.2) is 0 Å². The summed E-state index contributed by atoms with van der Waals surface area (Å²) in [5, 5.41) is 0. The summed E-state index contributed by atoms with van der Waals surface area (Å²) in [4.78, 5) is 2.70. The maximum absolute atomic E-state index is 5.95. The molecule has 2 heteroatoms. The zero-order valence-corrected chi connectivity index (χ0v) is 11.4. The van der Waals surface area contributed by atoms with Gasteiger partial charge in [0.1, 0.15) is 0 Å². The van der Waals surface area contributed by atoms with Crippen molar-refractivity contribution in [3.8, 4) is 0 Å². The molecule has 0 amide bonds. The number of hydrogen-bond donors (Lipinski definition) is 1. The Morgan fingerprint density at radius 1 is 1.19 bits per heavy atom. The van der Waals surface area contributed by atoms with E-state index in [2.05, 4.69) is 25.7 Å². The standard InChI is InChI=1S/C14H30N2/c1-4-13(15)6-5-10-16(14-7-8-14)11-9-12(2)3/h12-14H,4-11,15H2,1-3H3. The molecule has 1 aliphatic carbocycles. The van der Waals surface area contributed by atoms with E-state index in [0.29, 0.717) is 6.04 Å². The van der Waals surface area contributed by atoms with E-state index in [0.717, 1.165) is 18.4 Å². The average molecular weight is 226 g/mol. The first-order valence-corrected chi connectivity index (χ1v) is 7.13. The molecule has 2 nitrogen and oxygen atoms in total. The van der Waals surface area contributed by atoms with Crippen molar-refractivity contribution in [1.29, 1.82) is 0 Å². The molecule has 1 rings (SSSR count). The van der Waals surface area contributed by atoms with Crippen molar-refractivity contribution >= 4 is 0 Å². The molecule has 1 fully saturated rings. The average Bonchev–Trinajstić information content (AvgIpc) is 3.06. The summed E-state index contributed by atoms with van der Waals surface area (Å²) in [7, 11) is 0. The lowest BCUT2D eigenvalue weighted by Crippen LogP contribution is -2.30. The van der Waals surface area contributed by atoms with Gasteiger partial charge in [-0.25, -0.2) is 0 Å². The van der Waals surface area contributed by atoms with E-state index in [1.54, 1.807) is 0 Å². The fourth-order valence-corrected chi connectivity index (χ4v) is 2.10. The topological polar surface area (TPSA) is 29.3 Å². The van der Waals surface area contributed by atoms with E-state index >= 15 is 0 Å². The van der Waals surface area contributed by atoms with Gasteiger partial charge in [0.25, 0.3) is 0 Å². The van der Waals surface area contributed by atoms with Gasteiger partial charge in [-0.05, 0) is 57.5 Å². The first kappa shape index (κ1) is 14.0. The summed E-state index contributed by atoms with van der Waals surface area (Å²) in [5.41, 5.74) is 5.95. The first-order valence-electron chi connectivity index (χ1n) is 7.13. The molecule has 0 radical (unpaired) electrons. The van der Waals surface area contributed by atoms with E-state index in [1.165, 1.54) is 45.2 Å². The van der Waals surface area contributed by atoms with Gasteiger partial charge in [0, 0.05) is 12.1 Å². The van der Waals surface area contributed by atoms with Gasteiger partial charge in [0.05, 0.1) is 0 Å². The molecule has 2 N–H and O–H groups in total. The third-order valence-electron chi connectivity index (χ3n) is 3.60. The fourth-order valence-electron chi connectivity index (χ4n) is 2.10. The zero-order valence-electron chi connectivity index (χ0n) is 11.4. The lowest BCUT2D eigenvalue weighted by atomic mass is 10.1. The molecule has 1 unspecified atom stereocenters. The van der Waals surface area contributed by atoms with E-state index in [9.17, 15) is 0 Å². The largest absolute Gasteiger partial charge is 0.328 e. The van der Waals surface area contributed by atoms with Gasteiger partial charge in [-0.1, -0.05) is 20.8 Å². The van der Waals surface area contributed by atoms with E-state index in [-0.39, 0.29) is 0 Å². The molecular weight excluding hydrogens is 196 g/mol. The summed E-state index contributed by atoms with van der Waals surface area (Å²) >= 11 is 0. The van der Waals surface area contributed by atoms with Crippen LogP contribution in [0.5, 0.6) is 0 Å². The van der Waals surface area contributed by atoms with Gasteiger partial charge >= 0.3 is 0 Å². The van der Waals surface area contributed by atoms with Crippen LogP contribution in [-0.2, 0) is 0 Å². The van der Waals surface area contributed by atoms with Gasteiger partial charge in [0.15, 0.2) is 0 Å². The Kier molecular flexibility index (Phi) is 6.37. The highest BCUT2D eigenvalue weighted by Gasteiger charge is 2.28. The summed E-state index contributed by atoms with van der Waals surface area (Å²) in [5.74, 6) is 0.833. The molecule has 16 heavy (non-hydrogen) atoms.